The molecule has 15 heavy (non-hydrogen) atoms. The van der Waals surface area contributed by atoms with Gasteiger partial charge in [0.25, 0.3) is 0 Å². The molecule has 2 rings (SSSR count). The first-order chi connectivity index (χ1) is 7.31. The van der Waals surface area contributed by atoms with E-state index in [1.807, 2.05) is 0 Å². The SMILES string of the molecule is CCc1ccc(N(C)C2CCNC2)cc1. The summed E-state index contributed by atoms with van der Waals surface area (Å²) in [4.78, 5) is 2.39. The molecule has 1 saturated heterocycles. The first kappa shape index (κ1) is 10.5. The van der Waals surface area contributed by atoms with E-state index in [0.717, 1.165) is 19.5 Å². The Kier molecular flexibility index (Phi) is 3.27. The molecule has 0 spiro atoms. The fourth-order valence-corrected chi connectivity index (χ4v) is 2.15. The van der Waals surface area contributed by atoms with Gasteiger partial charge in [0, 0.05) is 25.3 Å². The summed E-state index contributed by atoms with van der Waals surface area (Å²) < 4.78 is 0. The summed E-state index contributed by atoms with van der Waals surface area (Å²) >= 11 is 0. The third kappa shape index (κ3) is 2.32. The molecule has 2 nitrogen and oxygen atoms in total. The normalized spacial score (nSPS) is 20.5. The summed E-state index contributed by atoms with van der Waals surface area (Å²) in [5.74, 6) is 0. The highest BCUT2D eigenvalue weighted by Gasteiger charge is 2.18. The molecule has 0 saturated carbocycles. The van der Waals surface area contributed by atoms with Gasteiger partial charge in [-0.2, -0.15) is 0 Å². The van der Waals surface area contributed by atoms with Crippen LogP contribution in [0.2, 0.25) is 0 Å². The summed E-state index contributed by atoms with van der Waals surface area (Å²) in [6, 6.07) is 9.59. The van der Waals surface area contributed by atoms with E-state index in [-0.39, 0.29) is 0 Å². The minimum atomic E-state index is 0.664. The lowest BCUT2D eigenvalue weighted by molar-refractivity contribution is 0.685. The average molecular weight is 204 g/mol. The molecule has 1 aliphatic heterocycles. The number of benzene rings is 1. The fourth-order valence-electron chi connectivity index (χ4n) is 2.15. The Bertz CT molecular complexity index is 299. The molecule has 1 aliphatic rings. The third-order valence-electron chi connectivity index (χ3n) is 3.33. The largest absolute Gasteiger partial charge is 0.370 e. The number of nitrogens with zero attached hydrogens (tertiary/aromatic N) is 1. The van der Waals surface area contributed by atoms with E-state index in [9.17, 15) is 0 Å². The zero-order chi connectivity index (χ0) is 10.7. The van der Waals surface area contributed by atoms with E-state index in [2.05, 4.69) is 48.5 Å². The van der Waals surface area contributed by atoms with Crippen molar-refractivity contribution < 1.29 is 0 Å². The zero-order valence-corrected chi connectivity index (χ0v) is 9.66. The highest BCUT2D eigenvalue weighted by molar-refractivity contribution is 5.48. The number of aryl methyl sites for hydroxylation is 1. The molecule has 1 N–H and O–H groups in total. The summed E-state index contributed by atoms with van der Waals surface area (Å²) in [7, 11) is 2.19. The van der Waals surface area contributed by atoms with Crippen molar-refractivity contribution in [3.05, 3.63) is 29.8 Å². The van der Waals surface area contributed by atoms with E-state index in [4.69, 9.17) is 0 Å². The monoisotopic (exact) mass is 204 g/mol. The molecular formula is C13H20N2. The molecule has 2 heteroatoms. The van der Waals surface area contributed by atoms with E-state index >= 15 is 0 Å². The molecule has 1 fully saturated rings. The first-order valence-corrected chi connectivity index (χ1v) is 5.83. The van der Waals surface area contributed by atoms with Crippen molar-refractivity contribution >= 4 is 5.69 Å². The van der Waals surface area contributed by atoms with Crippen molar-refractivity contribution in [2.24, 2.45) is 0 Å². The lowest BCUT2D eigenvalue weighted by atomic mass is 10.1. The van der Waals surface area contributed by atoms with Crippen LogP contribution in [0.15, 0.2) is 24.3 Å². The van der Waals surface area contributed by atoms with Crippen molar-refractivity contribution in [3.8, 4) is 0 Å². The van der Waals surface area contributed by atoms with Crippen LogP contribution in [0.1, 0.15) is 18.9 Å². The van der Waals surface area contributed by atoms with Gasteiger partial charge in [0.15, 0.2) is 0 Å². The minimum Gasteiger partial charge on any atom is -0.370 e. The Morgan fingerprint density at radius 3 is 2.60 bits per heavy atom. The lowest BCUT2D eigenvalue weighted by Crippen LogP contribution is -2.33. The number of rotatable bonds is 3. The fraction of sp³-hybridized carbons (Fsp3) is 0.538. The van der Waals surface area contributed by atoms with E-state index in [1.54, 1.807) is 0 Å². The molecule has 1 aromatic carbocycles. The molecule has 0 aliphatic carbocycles. The van der Waals surface area contributed by atoms with Crippen LogP contribution in [0, 0.1) is 0 Å². The summed E-state index contributed by atoms with van der Waals surface area (Å²) in [6.07, 6.45) is 2.38. The summed E-state index contributed by atoms with van der Waals surface area (Å²) in [5.41, 5.74) is 2.75. The molecule has 1 unspecified atom stereocenters. The quantitative estimate of drug-likeness (QED) is 0.810. The predicted octanol–water partition coefficient (Wildman–Crippen LogP) is 2.05. The smallest absolute Gasteiger partial charge is 0.0423 e. The van der Waals surface area contributed by atoms with Crippen LogP contribution in [-0.4, -0.2) is 26.2 Å². The zero-order valence-electron chi connectivity index (χ0n) is 9.66. The van der Waals surface area contributed by atoms with Gasteiger partial charge in [0.1, 0.15) is 0 Å². The molecule has 0 radical (unpaired) electrons. The first-order valence-electron chi connectivity index (χ1n) is 5.83. The maximum Gasteiger partial charge on any atom is 0.0423 e. The van der Waals surface area contributed by atoms with Gasteiger partial charge < -0.3 is 10.2 Å². The molecule has 1 heterocycles. The van der Waals surface area contributed by atoms with E-state index in [0.29, 0.717) is 6.04 Å². The Labute approximate surface area is 92.3 Å². The second-order valence-electron chi connectivity index (χ2n) is 4.28. The number of hydrogen-bond donors (Lipinski definition) is 1. The lowest BCUT2D eigenvalue weighted by Gasteiger charge is -2.26. The maximum absolute atomic E-state index is 3.40. The van der Waals surface area contributed by atoms with Crippen LogP contribution >= 0.6 is 0 Å². The van der Waals surface area contributed by atoms with E-state index < -0.39 is 0 Å². The van der Waals surface area contributed by atoms with E-state index in [1.165, 1.54) is 17.7 Å². The number of likely N-dealkylation sites (N-methyl/N-ethyl adjacent to an activating group) is 1. The Balaban J connectivity index is 2.07. The molecule has 0 bridgehead atoms. The molecular weight excluding hydrogens is 184 g/mol. The van der Waals surface area contributed by atoms with Crippen molar-refractivity contribution in [2.45, 2.75) is 25.8 Å². The van der Waals surface area contributed by atoms with Gasteiger partial charge in [0.05, 0.1) is 0 Å². The summed E-state index contributed by atoms with van der Waals surface area (Å²) in [6.45, 7) is 4.47. The highest BCUT2D eigenvalue weighted by Crippen LogP contribution is 2.19. The molecule has 1 atom stereocenters. The van der Waals surface area contributed by atoms with Crippen LogP contribution in [0.5, 0.6) is 0 Å². The number of anilines is 1. The highest BCUT2D eigenvalue weighted by atomic mass is 15.2. The molecule has 1 aromatic rings. The summed E-state index contributed by atoms with van der Waals surface area (Å²) in [5, 5.41) is 3.40. The molecule has 0 aromatic heterocycles. The van der Waals surface area contributed by atoms with Crippen molar-refractivity contribution in [1.29, 1.82) is 0 Å². The predicted molar refractivity (Wildman–Crippen MR) is 65.5 cm³/mol. The van der Waals surface area contributed by atoms with Crippen LogP contribution in [0.4, 0.5) is 5.69 Å². The van der Waals surface area contributed by atoms with Crippen LogP contribution in [0.25, 0.3) is 0 Å². The van der Waals surface area contributed by atoms with Crippen LogP contribution in [0.3, 0.4) is 0 Å². The minimum absolute atomic E-state index is 0.664. The van der Waals surface area contributed by atoms with Crippen molar-refractivity contribution in [2.75, 3.05) is 25.0 Å². The number of hydrogen-bond acceptors (Lipinski definition) is 2. The standard InChI is InChI=1S/C13H20N2/c1-3-11-4-6-12(7-5-11)15(2)13-8-9-14-10-13/h4-7,13-14H,3,8-10H2,1-2H3. The van der Waals surface area contributed by atoms with Gasteiger partial charge in [-0.15, -0.1) is 0 Å². The van der Waals surface area contributed by atoms with Gasteiger partial charge in [-0.05, 0) is 37.1 Å². The third-order valence-corrected chi connectivity index (χ3v) is 3.33. The van der Waals surface area contributed by atoms with Gasteiger partial charge in [0.2, 0.25) is 0 Å². The molecule has 0 amide bonds. The maximum atomic E-state index is 3.40. The topological polar surface area (TPSA) is 15.3 Å². The van der Waals surface area contributed by atoms with Gasteiger partial charge >= 0.3 is 0 Å². The molecule has 82 valence electrons. The Hall–Kier alpha value is -1.02. The second kappa shape index (κ2) is 4.67. The van der Waals surface area contributed by atoms with Crippen molar-refractivity contribution in [3.63, 3.8) is 0 Å². The van der Waals surface area contributed by atoms with Gasteiger partial charge in [-0.25, -0.2) is 0 Å². The van der Waals surface area contributed by atoms with Gasteiger partial charge in [-0.1, -0.05) is 19.1 Å². The van der Waals surface area contributed by atoms with Crippen molar-refractivity contribution in [1.82, 2.24) is 5.32 Å². The average Bonchev–Trinajstić information content (AvgIpc) is 2.82. The van der Waals surface area contributed by atoms with Gasteiger partial charge in [-0.3, -0.25) is 0 Å². The van der Waals surface area contributed by atoms with Crippen LogP contribution in [-0.2, 0) is 6.42 Å². The second-order valence-corrected chi connectivity index (χ2v) is 4.28. The number of nitrogens with one attached hydrogen (secondary N) is 1. The Morgan fingerprint density at radius 2 is 2.07 bits per heavy atom. The Morgan fingerprint density at radius 1 is 1.33 bits per heavy atom. The van der Waals surface area contributed by atoms with Crippen LogP contribution < -0.4 is 10.2 Å².